The highest BCUT2D eigenvalue weighted by Crippen LogP contribution is 2.19. The van der Waals surface area contributed by atoms with Gasteiger partial charge in [0.05, 0.1) is 0 Å². The summed E-state index contributed by atoms with van der Waals surface area (Å²) in [6, 6.07) is 6.39. The molecule has 0 spiro atoms. The minimum absolute atomic E-state index is 0.337. The third-order valence-corrected chi connectivity index (χ3v) is 3.35. The predicted molar refractivity (Wildman–Crippen MR) is 72.2 cm³/mol. The van der Waals surface area contributed by atoms with Crippen LogP contribution in [0.3, 0.4) is 0 Å². The third kappa shape index (κ3) is 3.24. The molecule has 1 aromatic rings. The molecule has 19 heavy (non-hydrogen) atoms. The molecule has 0 unspecified atom stereocenters. The average molecular weight is 262 g/mol. The Morgan fingerprint density at radius 1 is 1.26 bits per heavy atom. The number of nitrogens with zero attached hydrogens (tertiary/aromatic N) is 1. The molecule has 102 valence electrons. The number of anilines is 1. The number of carboxylic acid groups (broad SMARTS) is 1. The van der Waals surface area contributed by atoms with Crippen molar-refractivity contribution in [3.8, 4) is 0 Å². The van der Waals surface area contributed by atoms with Gasteiger partial charge in [-0.3, -0.25) is 0 Å². The number of amides is 2. The maximum atomic E-state index is 12.1. The third-order valence-electron chi connectivity index (χ3n) is 3.35. The van der Waals surface area contributed by atoms with Crippen molar-refractivity contribution in [2.75, 3.05) is 11.9 Å². The molecule has 2 N–H and O–H groups in total. The Bertz CT molecular complexity index is 470. The lowest BCUT2D eigenvalue weighted by molar-refractivity contribution is -0.143. The van der Waals surface area contributed by atoms with Crippen molar-refractivity contribution < 1.29 is 14.7 Å². The van der Waals surface area contributed by atoms with E-state index in [4.69, 9.17) is 5.11 Å². The van der Waals surface area contributed by atoms with Gasteiger partial charge in [0.15, 0.2) is 0 Å². The minimum Gasteiger partial charge on any atom is -0.480 e. The van der Waals surface area contributed by atoms with Crippen LogP contribution < -0.4 is 5.32 Å². The van der Waals surface area contributed by atoms with Crippen LogP contribution in [0.15, 0.2) is 24.3 Å². The number of nitrogens with one attached hydrogen (secondary N) is 1. The first-order valence-electron chi connectivity index (χ1n) is 6.45. The number of benzene rings is 1. The van der Waals surface area contributed by atoms with Crippen molar-refractivity contribution in [1.29, 1.82) is 0 Å². The van der Waals surface area contributed by atoms with E-state index in [1.165, 1.54) is 4.90 Å². The van der Waals surface area contributed by atoms with E-state index >= 15 is 0 Å². The first-order valence-corrected chi connectivity index (χ1v) is 6.45. The molecule has 2 amide bonds. The van der Waals surface area contributed by atoms with Crippen LogP contribution in [-0.2, 0) is 4.79 Å². The molecule has 0 aliphatic carbocycles. The molecular weight excluding hydrogens is 244 g/mol. The van der Waals surface area contributed by atoms with E-state index in [9.17, 15) is 9.59 Å². The fourth-order valence-electron chi connectivity index (χ4n) is 2.26. The van der Waals surface area contributed by atoms with Gasteiger partial charge in [0.1, 0.15) is 6.04 Å². The summed E-state index contributed by atoms with van der Waals surface area (Å²) < 4.78 is 0. The van der Waals surface area contributed by atoms with Gasteiger partial charge in [-0.2, -0.15) is 0 Å². The minimum atomic E-state index is -0.932. The number of carbonyl (C=O) groups is 2. The van der Waals surface area contributed by atoms with Gasteiger partial charge in [-0.15, -0.1) is 0 Å². The summed E-state index contributed by atoms with van der Waals surface area (Å²) >= 11 is 0. The highest BCUT2D eigenvalue weighted by molar-refractivity contribution is 5.92. The van der Waals surface area contributed by atoms with E-state index in [1.54, 1.807) is 0 Å². The normalized spacial score (nSPS) is 19.0. The summed E-state index contributed by atoms with van der Waals surface area (Å²) in [7, 11) is 0. The van der Waals surface area contributed by atoms with Crippen LogP contribution in [0.2, 0.25) is 0 Å². The molecule has 0 saturated carbocycles. The highest BCUT2D eigenvalue weighted by atomic mass is 16.4. The number of likely N-dealkylation sites (tertiary alicyclic amines) is 1. The Labute approximate surface area is 112 Å². The molecule has 1 aromatic carbocycles. The lowest BCUT2D eigenvalue weighted by Crippen LogP contribution is -2.49. The van der Waals surface area contributed by atoms with Gasteiger partial charge in [0.25, 0.3) is 0 Å². The van der Waals surface area contributed by atoms with Gasteiger partial charge >= 0.3 is 12.0 Å². The molecule has 1 atom stereocenters. The number of hydrogen-bond acceptors (Lipinski definition) is 2. The predicted octanol–water partition coefficient (Wildman–Crippen LogP) is 2.47. The molecular formula is C14H18N2O3. The largest absolute Gasteiger partial charge is 0.480 e. The second-order valence-corrected chi connectivity index (χ2v) is 4.84. The number of piperidine rings is 1. The van der Waals surface area contributed by atoms with Crippen molar-refractivity contribution in [2.45, 2.75) is 32.2 Å². The molecule has 1 fully saturated rings. The van der Waals surface area contributed by atoms with Gasteiger partial charge < -0.3 is 15.3 Å². The van der Waals surface area contributed by atoms with Crippen LogP contribution in [0.25, 0.3) is 0 Å². The summed E-state index contributed by atoms with van der Waals surface area (Å²) in [6.45, 7) is 2.46. The fourth-order valence-corrected chi connectivity index (χ4v) is 2.26. The first-order chi connectivity index (χ1) is 9.08. The smallest absolute Gasteiger partial charge is 0.326 e. The van der Waals surface area contributed by atoms with Crippen molar-refractivity contribution in [1.82, 2.24) is 4.90 Å². The number of hydrogen-bond donors (Lipinski definition) is 2. The van der Waals surface area contributed by atoms with Gasteiger partial charge in [0.2, 0.25) is 0 Å². The quantitative estimate of drug-likeness (QED) is 0.860. The van der Waals surface area contributed by atoms with Crippen molar-refractivity contribution in [3.05, 3.63) is 29.8 Å². The SMILES string of the molecule is Cc1ccc(NC(=O)N2CCCC[C@@H]2C(=O)O)cc1. The topological polar surface area (TPSA) is 69.6 Å². The van der Waals surface area contributed by atoms with Gasteiger partial charge in [-0.1, -0.05) is 17.7 Å². The van der Waals surface area contributed by atoms with Crippen molar-refractivity contribution in [2.24, 2.45) is 0 Å². The zero-order valence-electron chi connectivity index (χ0n) is 10.9. The Morgan fingerprint density at radius 3 is 2.58 bits per heavy atom. The molecule has 1 aliphatic heterocycles. The van der Waals surface area contributed by atoms with Gasteiger partial charge in [-0.05, 0) is 38.3 Å². The molecule has 0 bridgehead atoms. The van der Waals surface area contributed by atoms with Crippen molar-refractivity contribution in [3.63, 3.8) is 0 Å². The zero-order valence-corrected chi connectivity index (χ0v) is 10.9. The van der Waals surface area contributed by atoms with Crippen LogP contribution in [0.1, 0.15) is 24.8 Å². The molecule has 5 heteroatoms. The van der Waals surface area contributed by atoms with Gasteiger partial charge in [-0.25, -0.2) is 9.59 Å². The average Bonchev–Trinajstić information content (AvgIpc) is 2.41. The fraction of sp³-hybridized carbons (Fsp3) is 0.429. The Hall–Kier alpha value is -2.04. The lowest BCUT2D eigenvalue weighted by atomic mass is 10.0. The van der Waals surface area contributed by atoms with Crippen LogP contribution in [0.5, 0.6) is 0 Å². The summed E-state index contributed by atoms with van der Waals surface area (Å²) in [5.74, 6) is -0.932. The zero-order chi connectivity index (χ0) is 13.8. The first kappa shape index (κ1) is 13.4. The summed E-state index contributed by atoms with van der Waals surface area (Å²) in [6.07, 6.45) is 2.23. The maximum absolute atomic E-state index is 12.1. The number of rotatable bonds is 2. The summed E-state index contributed by atoms with van der Waals surface area (Å²) in [5, 5.41) is 11.9. The van der Waals surface area contributed by atoms with E-state index in [0.29, 0.717) is 18.7 Å². The van der Waals surface area contributed by atoms with Gasteiger partial charge in [0, 0.05) is 12.2 Å². The van der Waals surface area contributed by atoms with Crippen LogP contribution >= 0.6 is 0 Å². The number of carbonyl (C=O) groups excluding carboxylic acids is 1. The summed E-state index contributed by atoms with van der Waals surface area (Å²) in [4.78, 5) is 24.7. The number of aliphatic carboxylic acids is 1. The van der Waals surface area contributed by atoms with E-state index in [-0.39, 0.29) is 6.03 Å². The Morgan fingerprint density at radius 2 is 1.95 bits per heavy atom. The molecule has 5 nitrogen and oxygen atoms in total. The molecule has 0 aromatic heterocycles. The van der Waals surface area contributed by atoms with Crippen LogP contribution in [0.4, 0.5) is 10.5 Å². The lowest BCUT2D eigenvalue weighted by Gasteiger charge is -2.32. The Balaban J connectivity index is 2.05. The van der Waals surface area contributed by atoms with E-state index < -0.39 is 12.0 Å². The van der Waals surface area contributed by atoms with Crippen LogP contribution in [-0.4, -0.2) is 34.6 Å². The Kier molecular flexibility index (Phi) is 4.04. The molecule has 1 aliphatic rings. The monoisotopic (exact) mass is 262 g/mol. The molecule has 1 saturated heterocycles. The standard InChI is InChI=1S/C14H18N2O3/c1-10-5-7-11(8-6-10)15-14(19)16-9-3-2-4-12(16)13(17)18/h5-8,12H,2-4,9H2,1H3,(H,15,19)(H,17,18)/t12-/m1/s1. The number of urea groups is 1. The van der Waals surface area contributed by atoms with E-state index in [1.807, 2.05) is 31.2 Å². The molecule has 2 rings (SSSR count). The molecule has 1 heterocycles. The van der Waals surface area contributed by atoms with Crippen molar-refractivity contribution >= 4 is 17.7 Å². The number of aryl methyl sites for hydroxylation is 1. The molecule has 0 radical (unpaired) electrons. The van der Waals surface area contributed by atoms with Crippen LogP contribution in [0, 0.1) is 6.92 Å². The highest BCUT2D eigenvalue weighted by Gasteiger charge is 2.31. The second-order valence-electron chi connectivity index (χ2n) is 4.84. The maximum Gasteiger partial charge on any atom is 0.326 e. The van der Waals surface area contributed by atoms with E-state index in [0.717, 1.165) is 18.4 Å². The number of carboxylic acids is 1. The summed E-state index contributed by atoms with van der Waals surface area (Å²) in [5.41, 5.74) is 1.80. The second kappa shape index (κ2) is 5.73. The van der Waals surface area contributed by atoms with E-state index in [2.05, 4.69) is 5.32 Å².